The van der Waals surface area contributed by atoms with E-state index in [4.69, 9.17) is 39.5 Å². The Kier molecular flexibility index (Phi) is 8.23. The molecule has 0 atom stereocenters. The number of fused-ring (bicyclic) bond motifs is 1. The molecule has 1 amide bonds. The molecular weight excluding hydrogens is 644 g/mol. The third kappa shape index (κ3) is 5.90. The van der Waals surface area contributed by atoms with Crippen molar-refractivity contribution in [2.45, 2.75) is 0 Å². The first-order valence-corrected chi connectivity index (χ1v) is 13.5. The number of benzene rings is 4. The predicted molar refractivity (Wildman–Crippen MR) is 159 cm³/mol. The van der Waals surface area contributed by atoms with Crippen molar-refractivity contribution in [1.29, 1.82) is 0 Å². The van der Waals surface area contributed by atoms with Gasteiger partial charge in [-0.05, 0) is 60.7 Å². The van der Waals surface area contributed by atoms with Crippen molar-refractivity contribution in [2.75, 3.05) is 0 Å². The van der Waals surface area contributed by atoms with Gasteiger partial charge in [0.25, 0.3) is 5.91 Å². The second-order valence-electron chi connectivity index (χ2n) is 8.44. The van der Waals surface area contributed by atoms with E-state index < -0.39 is 17.7 Å². The Labute approximate surface area is 250 Å². The summed E-state index contributed by atoms with van der Waals surface area (Å²) < 4.78 is 20.3. The van der Waals surface area contributed by atoms with Gasteiger partial charge < -0.3 is 9.72 Å². The molecule has 11 heteroatoms. The lowest BCUT2D eigenvalue weighted by Gasteiger charge is -2.09. The summed E-state index contributed by atoms with van der Waals surface area (Å²) in [5.41, 5.74) is 4.67. The highest BCUT2D eigenvalue weighted by Crippen LogP contribution is 2.37. The third-order valence-corrected chi connectivity index (χ3v) is 7.20. The summed E-state index contributed by atoms with van der Waals surface area (Å²) in [6.45, 7) is 0. The Morgan fingerprint density at radius 1 is 0.950 bits per heavy atom. The number of amides is 1. The molecule has 1 aromatic heterocycles. The monoisotopic (exact) mass is 657 g/mol. The van der Waals surface area contributed by atoms with Gasteiger partial charge in [0, 0.05) is 42.1 Å². The number of aromatic amines is 1. The average Bonchev–Trinajstić information content (AvgIpc) is 3.28. The van der Waals surface area contributed by atoms with Gasteiger partial charge in [0.1, 0.15) is 17.3 Å². The van der Waals surface area contributed by atoms with Gasteiger partial charge in [0.05, 0.1) is 16.8 Å². The van der Waals surface area contributed by atoms with E-state index in [1.807, 2.05) is 0 Å². The number of nitrogens with zero attached hydrogens (tertiary/aromatic N) is 1. The summed E-state index contributed by atoms with van der Waals surface area (Å²) in [4.78, 5) is 29.0. The van der Waals surface area contributed by atoms with Gasteiger partial charge in [0.2, 0.25) is 0 Å². The van der Waals surface area contributed by atoms with Crippen LogP contribution in [0.2, 0.25) is 15.1 Å². The van der Waals surface area contributed by atoms with Gasteiger partial charge in [-0.15, -0.1) is 0 Å². The van der Waals surface area contributed by atoms with Gasteiger partial charge >= 0.3 is 5.97 Å². The Balaban J connectivity index is 1.43. The lowest BCUT2D eigenvalue weighted by Crippen LogP contribution is -2.19. The molecule has 40 heavy (non-hydrogen) atoms. The molecule has 5 aromatic rings. The number of esters is 1. The van der Waals surface area contributed by atoms with Crippen molar-refractivity contribution >= 4 is 79.7 Å². The fourth-order valence-electron chi connectivity index (χ4n) is 4.02. The second-order valence-corrected chi connectivity index (χ2v) is 10.6. The van der Waals surface area contributed by atoms with Crippen LogP contribution in [-0.2, 0) is 0 Å². The predicted octanol–water partition coefficient (Wildman–Crippen LogP) is 8.68. The molecule has 0 aliphatic heterocycles. The summed E-state index contributed by atoms with van der Waals surface area (Å²) in [5.74, 6) is -1.57. The minimum Gasteiger partial charge on any atom is -0.422 e. The molecular formula is C29H16BrCl3FN3O3. The van der Waals surface area contributed by atoms with E-state index in [0.717, 1.165) is 0 Å². The Bertz CT molecular complexity index is 1820. The quantitative estimate of drug-likeness (QED) is 0.0828. The van der Waals surface area contributed by atoms with Crippen LogP contribution in [-0.4, -0.2) is 23.1 Å². The van der Waals surface area contributed by atoms with Crippen molar-refractivity contribution in [3.63, 3.8) is 0 Å². The molecule has 0 bridgehead atoms. The van der Waals surface area contributed by atoms with Crippen LogP contribution in [0.25, 0.3) is 22.0 Å². The van der Waals surface area contributed by atoms with Crippen LogP contribution >= 0.6 is 50.7 Å². The van der Waals surface area contributed by atoms with E-state index in [1.54, 1.807) is 48.5 Å². The van der Waals surface area contributed by atoms with Crippen molar-refractivity contribution in [2.24, 2.45) is 5.10 Å². The minimum absolute atomic E-state index is 0.132. The van der Waals surface area contributed by atoms with Crippen LogP contribution < -0.4 is 10.2 Å². The van der Waals surface area contributed by atoms with E-state index >= 15 is 0 Å². The van der Waals surface area contributed by atoms with E-state index in [9.17, 15) is 14.0 Å². The maximum absolute atomic E-state index is 14.1. The van der Waals surface area contributed by atoms with Crippen molar-refractivity contribution in [1.82, 2.24) is 10.4 Å². The standard InChI is InChI=1S/C29H16BrCl3FN3O3/c30-16-5-10-25(40-29(39)20-8-6-17(31)12-23(20)33)15(11-16)14-35-37-28(38)27-26(19-3-1-2-4-22(19)32)21-13-18(34)7-9-24(21)36-27/h1-14,36H,(H,37,38). The molecule has 0 saturated heterocycles. The van der Waals surface area contributed by atoms with Gasteiger partial charge in [-0.3, -0.25) is 4.79 Å². The molecule has 0 radical (unpaired) electrons. The lowest BCUT2D eigenvalue weighted by molar-refractivity contribution is 0.0734. The average molecular weight is 660 g/mol. The molecule has 200 valence electrons. The summed E-state index contributed by atoms with van der Waals surface area (Å²) in [6.07, 6.45) is 1.33. The highest BCUT2D eigenvalue weighted by molar-refractivity contribution is 9.10. The molecule has 0 fully saturated rings. The molecule has 0 aliphatic rings. The molecule has 0 saturated carbocycles. The Hall–Kier alpha value is -3.69. The van der Waals surface area contributed by atoms with Crippen LogP contribution in [0.15, 0.2) is 88.4 Å². The Morgan fingerprint density at radius 3 is 2.52 bits per heavy atom. The molecule has 5 rings (SSSR count). The number of nitrogens with one attached hydrogen (secondary N) is 2. The van der Waals surface area contributed by atoms with E-state index in [0.29, 0.717) is 42.1 Å². The first-order valence-electron chi connectivity index (χ1n) is 11.6. The number of rotatable bonds is 6. The normalized spacial score (nSPS) is 11.2. The zero-order valence-electron chi connectivity index (χ0n) is 20.1. The van der Waals surface area contributed by atoms with Crippen LogP contribution in [0, 0.1) is 5.82 Å². The molecule has 0 aliphatic carbocycles. The minimum atomic E-state index is -0.697. The maximum atomic E-state index is 14.1. The topological polar surface area (TPSA) is 83.5 Å². The zero-order chi connectivity index (χ0) is 28.4. The van der Waals surface area contributed by atoms with E-state index in [1.165, 1.54) is 36.5 Å². The fourth-order valence-corrected chi connectivity index (χ4v) is 5.11. The third-order valence-electron chi connectivity index (χ3n) is 5.83. The lowest BCUT2D eigenvalue weighted by atomic mass is 10.0. The van der Waals surface area contributed by atoms with Crippen LogP contribution in [0.1, 0.15) is 26.4 Å². The largest absolute Gasteiger partial charge is 0.422 e. The summed E-state index contributed by atoms with van der Waals surface area (Å²) >= 11 is 21.9. The highest BCUT2D eigenvalue weighted by atomic mass is 79.9. The number of ether oxygens (including phenoxy) is 1. The smallest absolute Gasteiger partial charge is 0.345 e. The van der Waals surface area contributed by atoms with Crippen molar-refractivity contribution in [3.8, 4) is 16.9 Å². The number of halogens is 5. The van der Waals surface area contributed by atoms with Crippen LogP contribution in [0.3, 0.4) is 0 Å². The van der Waals surface area contributed by atoms with Crippen LogP contribution in [0.5, 0.6) is 5.75 Å². The number of hydrazone groups is 1. The molecule has 0 unspecified atom stereocenters. The zero-order valence-corrected chi connectivity index (χ0v) is 24.0. The maximum Gasteiger partial charge on any atom is 0.345 e. The number of hydrogen-bond donors (Lipinski definition) is 2. The fraction of sp³-hybridized carbons (Fsp3) is 0. The highest BCUT2D eigenvalue weighted by Gasteiger charge is 2.21. The second kappa shape index (κ2) is 11.8. The Morgan fingerprint density at radius 2 is 1.75 bits per heavy atom. The SMILES string of the molecule is O=C(Oc1ccc(Br)cc1C=NNC(=O)c1[nH]c2ccc(F)cc2c1-c1ccccc1Cl)c1ccc(Cl)cc1Cl. The van der Waals surface area contributed by atoms with Gasteiger partial charge in [-0.25, -0.2) is 14.6 Å². The molecule has 2 N–H and O–H groups in total. The van der Waals surface area contributed by atoms with Crippen LogP contribution in [0.4, 0.5) is 4.39 Å². The number of carbonyl (C=O) groups excluding carboxylic acids is 2. The molecule has 1 heterocycles. The number of carbonyl (C=O) groups is 2. The van der Waals surface area contributed by atoms with E-state index in [2.05, 4.69) is 31.4 Å². The molecule has 6 nitrogen and oxygen atoms in total. The number of aromatic nitrogens is 1. The molecule has 4 aromatic carbocycles. The van der Waals surface area contributed by atoms with Gasteiger partial charge in [-0.1, -0.05) is 68.9 Å². The number of hydrogen-bond acceptors (Lipinski definition) is 4. The van der Waals surface area contributed by atoms with Crippen molar-refractivity contribution < 1.29 is 18.7 Å². The first-order chi connectivity index (χ1) is 19.2. The first kappa shape index (κ1) is 27.9. The van der Waals surface area contributed by atoms with E-state index in [-0.39, 0.29) is 22.0 Å². The molecule has 0 spiro atoms. The summed E-state index contributed by atoms with van der Waals surface area (Å²) in [7, 11) is 0. The van der Waals surface area contributed by atoms with Gasteiger partial charge in [0.15, 0.2) is 0 Å². The van der Waals surface area contributed by atoms with Gasteiger partial charge in [-0.2, -0.15) is 5.10 Å². The summed E-state index contributed by atoms with van der Waals surface area (Å²) in [6, 6.07) is 20.5. The number of H-pyrrole nitrogens is 1. The summed E-state index contributed by atoms with van der Waals surface area (Å²) in [5, 5.41) is 5.48. The van der Waals surface area contributed by atoms with Crippen molar-refractivity contribution in [3.05, 3.63) is 121 Å².